The molecule has 0 atom stereocenters. The van der Waals surface area contributed by atoms with E-state index in [0.717, 1.165) is 23.4 Å². The maximum atomic E-state index is 12.7. The van der Waals surface area contributed by atoms with Crippen molar-refractivity contribution in [1.29, 1.82) is 0 Å². The van der Waals surface area contributed by atoms with Crippen molar-refractivity contribution in [3.63, 3.8) is 0 Å². The Morgan fingerprint density at radius 3 is 2.56 bits per heavy atom. The summed E-state index contributed by atoms with van der Waals surface area (Å²) in [5.41, 5.74) is 0.610. The van der Waals surface area contributed by atoms with E-state index in [0.29, 0.717) is 32.2 Å². The highest BCUT2D eigenvalue weighted by molar-refractivity contribution is 7.13. The summed E-state index contributed by atoms with van der Waals surface area (Å²) in [5.74, 6) is 0.122. The molecule has 2 aliphatic heterocycles. The van der Waals surface area contributed by atoms with E-state index in [1.54, 1.807) is 28.4 Å². The fourth-order valence-electron chi connectivity index (χ4n) is 3.41. The normalized spacial score (nSPS) is 19.4. The van der Waals surface area contributed by atoms with Crippen molar-refractivity contribution in [1.82, 2.24) is 9.88 Å². The number of likely N-dealkylation sites (tertiary alicyclic amines) is 1. The lowest BCUT2D eigenvalue weighted by Gasteiger charge is -2.33. The molecule has 1 amide bonds. The molecule has 4 rings (SSSR count). The Labute approximate surface area is 149 Å². The summed E-state index contributed by atoms with van der Waals surface area (Å²) in [4.78, 5) is 30.6. The maximum absolute atomic E-state index is 12.7. The van der Waals surface area contributed by atoms with Gasteiger partial charge < -0.3 is 19.4 Å². The zero-order valence-corrected chi connectivity index (χ0v) is 14.6. The lowest BCUT2D eigenvalue weighted by atomic mass is 9.95. The first-order valence-electron chi connectivity index (χ1n) is 8.52. The van der Waals surface area contributed by atoms with Gasteiger partial charge in [-0.05, 0) is 36.4 Å². The second-order valence-electron chi connectivity index (χ2n) is 6.33. The van der Waals surface area contributed by atoms with Gasteiger partial charge in [0.25, 0.3) is 11.5 Å². The fourth-order valence-corrected chi connectivity index (χ4v) is 4.12. The Balaban J connectivity index is 1.44. The van der Waals surface area contributed by atoms with Crippen LogP contribution in [0, 0.1) is 5.92 Å². The van der Waals surface area contributed by atoms with Crippen LogP contribution in [-0.2, 0) is 9.47 Å². The topological polar surface area (TPSA) is 71.6 Å². The number of hydrogen-bond acceptors (Lipinski definition) is 5. The SMILES string of the molecule is O=C(c1ccc(-c2cccs2)[nH]c1=O)N1CCC(C2OCCO2)CC1. The van der Waals surface area contributed by atoms with Crippen molar-refractivity contribution in [3.8, 4) is 10.6 Å². The Hall–Kier alpha value is -1.96. The second-order valence-corrected chi connectivity index (χ2v) is 7.28. The number of nitrogens with zero attached hydrogens (tertiary/aromatic N) is 1. The minimum Gasteiger partial charge on any atom is -0.350 e. The quantitative estimate of drug-likeness (QED) is 0.912. The van der Waals surface area contributed by atoms with E-state index in [2.05, 4.69) is 4.98 Å². The average Bonchev–Trinajstić information content (AvgIpc) is 3.35. The van der Waals surface area contributed by atoms with Crippen molar-refractivity contribution >= 4 is 17.2 Å². The molecule has 1 N–H and O–H groups in total. The molecular formula is C18H20N2O4S. The molecule has 6 nitrogen and oxygen atoms in total. The minimum atomic E-state index is -0.333. The van der Waals surface area contributed by atoms with Crippen LogP contribution < -0.4 is 5.56 Å². The molecule has 2 saturated heterocycles. The molecule has 2 aromatic heterocycles. The number of aromatic amines is 1. The van der Waals surface area contributed by atoms with Gasteiger partial charge in [-0.25, -0.2) is 0 Å². The zero-order valence-electron chi connectivity index (χ0n) is 13.8. The number of ether oxygens (including phenoxy) is 2. The van der Waals surface area contributed by atoms with Crippen LogP contribution in [0.2, 0.25) is 0 Å². The van der Waals surface area contributed by atoms with Gasteiger partial charge in [0.1, 0.15) is 5.56 Å². The van der Waals surface area contributed by atoms with E-state index in [9.17, 15) is 9.59 Å². The molecule has 0 spiro atoms. The number of aromatic nitrogens is 1. The number of rotatable bonds is 3. The predicted octanol–water partition coefficient (Wildman–Crippen LogP) is 2.33. The second kappa shape index (κ2) is 7.11. The van der Waals surface area contributed by atoms with E-state index in [4.69, 9.17) is 9.47 Å². The smallest absolute Gasteiger partial charge is 0.261 e. The molecular weight excluding hydrogens is 340 g/mol. The van der Waals surface area contributed by atoms with Crippen molar-refractivity contribution in [2.24, 2.45) is 5.92 Å². The molecule has 132 valence electrons. The van der Waals surface area contributed by atoms with E-state index < -0.39 is 0 Å². The first kappa shape index (κ1) is 16.5. The van der Waals surface area contributed by atoms with E-state index in [1.165, 1.54) is 0 Å². The Kier molecular flexibility index (Phi) is 4.70. The third-order valence-electron chi connectivity index (χ3n) is 4.79. The molecule has 2 aromatic rings. The van der Waals surface area contributed by atoms with Gasteiger partial charge in [-0.2, -0.15) is 0 Å². The summed E-state index contributed by atoms with van der Waals surface area (Å²) in [6.45, 7) is 2.54. The molecule has 0 bridgehead atoms. The van der Waals surface area contributed by atoms with Crippen LogP contribution in [0.25, 0.3) is 10.6 Å². The van der Waals surface area contributed by atoms with Gasteiger partial charge in [0.05, 0.1) is 23.8 Å². The summed E-state index contributed by atoms with van der Waals surface area (Å²) in [5, 5.41) is 1.95. The Bertz CT molecular complexity index is 788. The molecule has 0 unspecified atom stereocenters. The van der Waals surface area contributed by atoms with Crippen LogP contribution in [0.3, 0.4) is 0 Å². The van der Waals surface area contributed by atoms with E-state index in [1.807, 2.05) is 17.5 Å². The highest BCUT2D eigenvalue weighted by Crippen LogP contribution is 2.26. The first-order valence-corrected chi connectivity index (χ1v) is 9.40. The molecule has 25 heavy (non-hydrogen) atoms. The number of H-pyrrole nitrogens is 1. The number of carbonyl (C=O) groups is 1. The van der Waals surface area contributed by atoms with Gasteiger partial charge in [-0.3, -0.25) is 9.59 Å². The monoisotopic (exact) mass is 360 g/mol. The first-order chi connectivity index (χ1) is 12.2. The summed E-state index contributed by atoms with van der Waals surface area (Å²) >= 11 is 1.55. The van der Waals surface area contributed by atoms with Gasteiger partial charge in [0.15, 0.2) is 6.29 Å². The van der Waals surface area contributed by atoms with Crippen LogP contribution in [0.4, 0.5) is 0 Å². The van der Waals surface area contributed by atoms with Crippen LogP contribution in [0.5, 0.6) is 0 Å². The summed E-state index contributed by atoms with van der Waals surface area (Å²) in [7, 11) is 0. The third kappa shape index (κ3) is 3.40. The van der Waals surface area contributed by atoms with Gasteiger partial charge in [-0.1, -0.05) is 6.07 Å². The molecule has 0 aromatic carbocycles. The average molecular weight is 360 g/mol. The summed E-state index contributed by atoms with van der Waals surface area (Å²) in [6, 6.07) is 7.30. The maximum Gasteiger partial charge on any atom is 0.261 e. The van der Waals surface area contributed by atoms with Crippen LogP contribution in [-0.4, -0.2) is 48.4 Å². The molecule has 4 heterocycles. The third-order valence-corrected chi connectivity index (χ3v) is 5.69. The Morgan fingerprint density at radius 2 is 1.92 bits per heavy atom. The van der Waals surface area contributed by atoms with E-state index in [-0.39, 0.29) is 23.3 Å². The Morgan fingerprint density at radius 1 is 1.16 bits per heavy atom. The number of hydrogen-bond donors (Lipinski definition) is 1. The lowest BCUT2D eigenvalue weighted by molar-refractivity contribution is -0.0956. The number of amides is 1. The van der Waals surface area contributed by atoms with E-state index >= 15 is 0 Å². The molecule has 0 radical (unpaired) electrons. The molecule has 0 saturated carbocycles. The van der Waals surface area contributed by atoms with Gasteiger partial charge in [0, 0.05) is 19.0 Å². The van der Waals surface area contributed by atoms with Gasteiger partial charge in [-0.15, -0.1) is 11.3 Å². The largest absolute Gasteiger partial charge is 0.350 e. The minimum absolute atomic E-state index is 0.134. The summed E-state index contributed by atoms with van der Waals surface area (Å²) in [6.07, 6.45) is 1.54. The van der Waals surface area contributed by atoms with Crippen LogP contribution >= 0.6 is 11.3 Å². The van der Waals surface area contributed by atoms with Crippen molar-refractivity contribution in [2.45, 2.75) is 19.1 Å². The van der Waals surface area contributed by atoms with Crippen molar-refractivity contribution < 1.29 is 14.3 Å². The number of thiophene rings is 1. The van der Waals surface area contributed by atoms with Crippen molar-refractivity contribution in [2.75, 3.05) is 26.3 Å². The predicted molar refractivity (Wildman–Crippen MR) is 94.7 cm³/mol. The molecule has 2 fully saturated rings. The molecule has 7 heteroatoms. The molecule has 2 aliphatic rings. The highest BCUT2D eigenvalue weighted by atomic mass is 32.1. The zero-order chi connectivity index (χ0) is 17.2. The number of pyridine rings is 1. The standard InChI is InChI=1S/C18H20N2O4S/c21-16-13(3-4-14(19-16)15-2-1-11-25-15)17(22)20-7-5-12(6-8-20)18-23-9-10-24-18/h1-4,11-12,18H,5-10H2,(H,19,21). The van der Waals surface area contributed by atoms with Crippen molar-refractivity contribution in [3.05, 3.63) is 45.6 Å². The van der Waals surface area contributed by atoms with Gasteiger partial charge >= 0.3 is 0 Å². The lowest BCUT2D eigenvalue weighted by Crippen LogP contribution is -2.43. The highest BCUT2D eigenvalue weighted by Gasteiger charge is 2.32. The van der Waals surface area contributed by atoms with Gasteiger partial charge in [0.2, 0.25) is 0 Å². The van der Waals surface area contributed by atoms with Crippen LogP contribution in [0.1, 0.15) is 23.2 Å². The van der Waals surface area contributed by atoms with Crippen LogP contribution in [0.15, 0.2) is 34.4 Å². The number of piperidine rings is 1. The summed E-state index contributed by atoms with van der Waals surface area (Å²) < 4.78 is 11.1. The fraction of sp³-hybridized carbons (Fsp3) is 0.444. The number of nitrogens with one attached hydrogen (secondary N) is 1. The number of carbonyl (C=O) groups excluding carboxylic acids is 1. The molecule has 0 aliphatic carbocycles.